The first-order valence-corrected chi connectivity index (χ1v) is 7.76. The smallest absolute Gasteiger partial charge is 0.744 e. The Bertz CT molecular complexity index is 657. The van der Waals surface area contributed by atoms with Crippen LogP contribution < -0.4 is 34.5 Å². The Morgan fingerprint density at radius 3 is 2.05 bits per heavy atom. The zero-order chi connectivity index (χ0) is 14.6. The summed E-state index contributed by atoms with van der Waals surface area (Å²) in [5.74, 6) is 0. The fraction of sp³-hybridized carbons (Fsp3) is 0.200. The molecule has 0 bridgehead atoms. The Morgan fingerprint density at radius 2 is 1.57 bits per heavy atom. The zero-order valence-corrected chi connectivity index (χ0v) is 15.0. The van der Waals surface area contributed by atoms with Crippen molar-refractivity contribution in [2.75, 3.05) is 11.4 Å². The monoisotopic (exact) mass is 313 g/mol. The molecule has 4 nitrogen and oxygen atoms in total. The Balaban J connectivity index is 0.00000220. The van der Waals surface area contributed by atoms with Crippen molar-refractivity contribution in [1.82, 2.24) is 0 Å². The van der Waals surface area contributed by atoms with Gasteiger partial charge in [0.15, 0.2) is 0 Å². The van der Waals surface area contributed by atoms with E-state index in [-0.39, 0.29) is 34.5 Å². The molecular formula is C15H16NNaO3S. The minimum absolute atomic E-state index is 0. The van der Waals surface area contributed by atoms with Crippen LogP contribution in [0.3, 0.4) is 0 Å². The SMILES string of the molecule is CCN(Cc1ccc(S(=O)(=O)[O-])cc1)c1ccccc1.[Na+]. The molecule has 0 radical (unpaired) electrons. The van der Waals surface area contributed by atoms with Gasteiger partial charge >= 0.3 is 29.6 Å². The van der Waals surface area contributed by atoms with Gasteiger partial charge in [-0.05, 0) is 36.8 Å². The zero-order valence-electron chi connectivity index (χ0n) is 12.2. The number of rotatable bonds is 5. The van der Waals surface area contributed by atoms with Crippen LogP contribution in [0.1, 0.15) is 12.5 Å². The molecule has 0 aliphatic carbocycles. The van der Waals surface area contributed by atoms with E-state index in [2.05, 4.69) is 11.8 Å². The van der Waals surface area contributed by atoms with Crippen LogP contribution in [0.25, 0.3) is 0 Å². The number of para-hydroxylation sites is 1. The van der Waals surface area contributed by atoms with Gasteiger partial charge in [0.25, 0.3) is 0 Å². The van der Waals surface area contributed by atoms with Gasteiger partial charge in [0.2, 0.25) is 0 Å². The van der Waals surface area contributed by atoms with E-state index >= 15 is 0 Å². The molecular weight excluding hydrogens is 297 g/mol. The van der Waals surface area contributed by atoms with Crippen molar-refractivity contribution in [2.45, 2.75) is 18.4 Å². The van der Waals surface area contributed by atoms with Crippen LogP contribution in [-0.4, -0.2) is 19.5 Å². The largest absolute Gasteiger partial charge is 1.00 e. The van der Waals surface area contributed by atoms with Gasteiger partial charge in [0.05, 0.1) is 4.90 Å². The van der Waals surface area contributed by atoms with E-state index in [4.69, 9.17) is 0 Å². The maximum atomic E-state index is 10.9. The molecule has 0 N–H and O–H groups in total. The summed E-state index contributed by atoms with van der Waals surface area (Å²) >= 11 is 0. The number of hydrogen-bond acceptors (Lipinski definition) is 4. The minimum atomic E-state index is -4.37. The molecule has 0 aliphatic heterocycles. The average Bonchev–Trinajstić information content (AvgIpc) is 2.45. The fourth-order valence-corrected chi connectivity index (χ4v) is 2.48. The van der Waals surface area contributed by atoms with Crippen molar-refractivity contribution in [3.05, 3.63) is 60.2 Å². The second-order valence-corrected chi connectivity index (χ2v) is 5.83. The Kier molecular flexibility index (Phi) is 6.90. The summed E-state index contributed by atoms with van der Waals surface area (Å²) < 4.78 is 32.6. The van der Waals surface area contributed by atoms with E-state index in [0.29, 0.717) is 6.54 Å². The van der Waals surface area contributed by atoms with E-state index in [1.54, 1.807) is 12.1 Å². The van der Waals surface area contributed by atoms with Crippen molar-refractivity contribution >= 4 is 15.8 Å². The van der Waals surface area contributed by atoms with Gasteiger partial charge in [0.1, 0.15) is 10.1 Å². The molecule has 0 saturated carbocycles. The normalized spacial score (nSPS) is 10.8. The summed E-state index contributed by atoms with van der Waals surface area (Å²) in [5, 5.41) is 0. The molecule has 0 spiro atoms. The van der Waals surface area contributed by atoms with E-state index in [0.717, 1.165) is 17.8 Å². The maximum Gasteiger partial charge on any atom is 1.00 e. The Hall–Kier alpha value is -0.850. The fourth-order valence-electron chi connectivity index (χ4n) is 2.01. The number of benzene rings is 2. The summed E-state index contributed by atoms with van der Waals surface area (Å²) in [6.45, 7) is 3.56. The van der Waals surface area contributed by atoms with Crippen LogP contribution in [0.4, 0.5) is 5.69 Å². The van der Waals surface area contributed by atoms with Crippen LogP contribution in [0, 0.1) is 0 Å². The molecule has 106 valence electrons. The second-order valence-electron chi connectivity index (χ2n) is 4.45. The van der Waals surface area contributed by atoms with Crippen molar-refractivity contribution in [1.29, 1.82) is 0 Å². The number of anilines is 1. The molecule has 0 aliphatic rings. The third kappa shape index (κ3) is 5.13. The molecule has 0 fully saturated rings. The predicted molar refractivity (Wildman–Crippen MR) is 77.6 cm³/mol. The maximum absolute atomic E-state index is 10.9. The summed E-state index contributed by atoms with van der Waals surface area (Å²) in [7, 11) is -4.37. The quantitative estimate of drug-likeness (QED) is 0.558. The van der Waals surface area contributed by atoms with Gasteiger partial charge < -0.3 is 9.45 Å². The van der Waals surface area contributed by atoms with E-state index in [9.17, 15) is 13.0 Å². The van der Waals surface area contributed by atoms with Gasteiger partial charge in [-0.1, -0.05) is 30.3 Å². The molecule has 0 aromatic heterocycles. The van der Waals surface area contributed by atoms with Crippen LogP contribution in [0.2, 0.25) is 0 Å². The minimum Gasteiger partial charge on any atom is -0.744 e. The molecule has 0 heterocycles. The Labute approximate surface area is 147 Å². The van der Waals surface area contributed by atoms with Crippen molar-refractivity contribution < 1.29 is 42.5 Å². The van der Waals surface area contributed by atoms with Gasteiger partial charge in [-0.3, -0.25) is 0 Å². The van der Waals surface area contributed by atoms with Crippen molar-refractivity contribution in [3.8, 4) is 0 Å². The number of nitrogens with zero attached hydrogens (tertiary/aromatic N) is 1. The molecule has 0 amide bonds. The molecule has 2 aromatic rings. The van der Waals surface area contributed by atoms with E-state index < -0.39 is 10.1 Å². The molecule has 0 unspecified atom stereocenters. The summed E-state index contributed by atoms with van der Waals surface area (Å²) in [5.41, 5.74) is 2.07. The van der Waals surface area contributed by atoms with E-state index in [1.165, 1.54) is 12.1 Å². The van der Waals surface area contributed by atoms with Gasteiger partial charge in [-0.25, -0.2) is 8.42 Å². The first-order chi connectivity index (χ1) is 9.50. The second kappa shape index (κ2) is 7.96. The topological polar surface area (TPSA) is 60.4 Å². The molecule has 0 saturated heterocycles. The van der Waals surface area contributed by atoms with Crippen molar-refractivity contribution in [3.63, 3.8) is 0 Å². The van der Waals surface area contributed by atoms with Crippen LogP contribution in [0.5, 0.6) is 0 Å². The number of hydrogen-bond donors (Lipinski definition) is 0. The molecule has 2 aromatic carbocycles. The third-order valence-electron chi connectivity index (χ3n) is 3.09. The summed E-state index contributed by atoms with van der Waals surface area (Å²) in [6.07, 6.45) is 0. The van der Waals surface area contributed by atoms with Crippen LogP contribution >= 0.6 is 0 Å². The molecule has 2 rings (SSSR count). The van der Waals surface area contributed by atoms with E-state index in [1.807, 2.05) is 30.3 Å². The molecule has 21 heavy (non-hydrogen) atoms. The van der Waals surface area contributed by atoms with Crippen molar-refractivity contribution in [2.24, 2.45) is 0 Å². The Morgan fingerprint density at radius 1 is 1.00 bits per heavy atom. The first kappa shape index (κ1) is 18.2. The third-order valence-corrected chi connectivity index (χ3v) is 3.94. The standard InChI is InChI=1S/C15H17NO3S.Na/c1-2-16(14-6-4-3-5-7-14)12-13-8-10-15(11-9-13)20(17,18)19;/h3-11H,2,12H2,1H3,(H,17,18,19);/q;+1/p-1. The van der Waals surface area contributed by atoms with Gasteiger partial charge in [0, 0.05) is 18.8 Å². The molecule has 6 heteroatoms. The summed E-state index contributed by atoms with van der Waals surface area (Å²) in [4.78, 5) is 1.98. The predicted octanol–water partition coefficient (Wildman–Crippen LogP) is -0.379. The summed E-state index contributed by atoms with van der Waals surface area (Å²) in [6, 6.07) is 16.0. The van der Waals surface area contributed by atoms with Crippen LogP contribution in [-0.2, 0) is 16.7 Å². The molecule has 0 atom stereocenters. The average molecular weight is 313 g/mol. The van der Waals surface area contributed by atoms with Gasteiger partial charge in [-0.2, -0.15) is 0 Å². The first-order valence-electron chi connectivity index (χ1n) is 6.35. The van der Waals surface area contributed by atoms with Gasteiger partial charge in [-0.15, -0.1) is 0 Å². The van der Waals surface area contributed by atoms with Crippen LogP contribution in [0.15, 0.2) is 59.5 Å².